The van der Waals surface area contributed by atoms with Crippen LogP contribution in [0.2, 0.25) is 0 Å². The SMILES string of the molecule is CC.COc1ccc(-c2ccc3c(c2)CCc2cc(-c4ccc(O)cc4)ccc2-3)cc1. The van der Waals surface area contributed by atoms with Gasteiger partial charge in [-0.2, -0.15) is 0 Å². The van der Waals surface area contributed by atoms with Gasteiger partial charge in [0.1, 0.15) is 11.5 Å². The molecule has 0 heterocycles. The highest BCUT2D eigenvalue weighted by Gasteiger charge is 2.17. The largest absolute Gasteiger partial charge is 0.508 e. The third kappa shape index (κ3) is 4.20. The zero-order valence-corrected chi connectivity index (χ0v) is 18.4. The predicted molar refractivity (Wildman–Crippen MR) is 130 cm³/mol. The minimum Gasteiger partial charge on any atom is -0.508 e. The summed E-state index contributed by atoms with van der Waals surface area (Å²) < 4.78 is 5.27. The molecular weight excluding hydrogens is 380 g/mol. The number of phenolic OH excluding ortho intramolecular Hbond substituents is 1. The van der Waals surface area contributed by atoms with Crippen molar-refractivity contribution in [3.63, 3.8) is 0 Å². The topological polar surface area (TPSA) is 29.5 Å². The maximum atomic E-state index is 9.53. The van der Waals surface area contributed by atoms with Crippen LogP contribution < -0.4 is 4.74 Å². The molecule has 0 amide bonds. The first kappa shape index (κ1) is 20.7. The maximum Gasteiger partial charge on any atom is 0.118 e. The van der Waals surface area contributed by atoms with Crippen molar-refractivity contribution in [2.75, 3.05) is 7.11 Å². The lowest BCUT2D eigenvalue weighted by Crippen LogP contribution is -2.04. The number of phenols is 1. The molecule has 0 aliphatic heterocycles. The molecular formula is C29H28O2. The van der Waals surface area contributed by atoms with E-state index in [2.05, 4.69) is 48.5 Å². The van der Waals surface area contributed by atoms with Crippen LogP contribution in [0.3, 0.4) is 0 Å². The Bertz CT molecular complexity index is 1170. The molecule has 2 nitrogen and oxygen atoms in total. The van der Waals surface area contributed by atoms with Gasteiger partial charge in [-0.1, -0.05) is 74.5 Å². The second kappa shape index (κ2) is 9.09. The first-order valence-corrected chi connectivity index (χ1v) is 10.9. The molecule has 2 heteroatoms. The molecule has 0 spiro atoms. The van der Waals surface area contributed by atoms with Crippen LogP contribution in [0.25, 0.3) is 33.4 Å². The first-order valence-electron chi connectivity index (χ1n) is 10.9. The van der Waals surface area contributed by atoms with Crippen molar-refractivity contribution >= 4 is 0 Å². The van der Waals surface area contributed by atoms with Crippen molar-refractivity contribution in [1.29, 1.82) is 0 Å². The summed E-state index contributed by atoms with van der Waals surface area (Å²) in [5, 5.41) is 9.53. The summed E-state index contributed by atoms with van der Waals surface area (Å²) in [7, 11) is 1.69. The van der Waals surface area contributed by atoms with Crippen LogP contribution in [0.1, 0.15) is 25.0 Å². The number of fused-ring (bicyclic) bond motifs is 3. The van der Waals surface area contributed by atoms with Crippen molar-refractivity contribution < 1.29 is 9.84 Å². The minimum atomic E-state index is 0.299. The summed E-state index contributed by atoms with van der Waals surface area (Å²) in [5.41, 5.74) is 10.2. The monoisotopic (exact) mass is 408 g/mol. The Balaban J connectivity index is 0.00000112. The van der Waals surface area contributed by atoms with E-state index in [1.807, 2.05) is 38.1 Å². The van der Waals surface area contributed by atoms with E-state index in [4.69, 9.17) is 4.74 Å². The van der Waals surface area contributed by atoms with Gasteiger partial charge in [-0.15, -0.1) is 0 Å². The zero-order chi connectivity index (χ0) is 21.8. The predicted octanol–water partition coefficient (Wildman–Crippen LogP) is 7.53. The van der Waals surface area contributed by atoms with E-state index >= 15 is 0 Å². The molecule has 1 aliphatic carbocycles. The Morgan fingerprint density at radius 1 is 0.581 bits per heavy atom. The van der Waals surface area contributed by atoms with Gasteiger partial charge in [0.15, 0.2) is 0 Å². The molecule has 1 N–H and O–H groups in total. The fourth-order valence-corrected chi connectivity index (χ4v) is 4.19. The summed E-state index contributed by atoms with van der Waals surface area (Å²) in [6.07, 6.45) is 2.09. The Labute approximate surface area is 184 Å². The van der Waals surface area contributed by atoms with Crippen LogP contribution in [-0.2, 0) is 12.8 Å². The number of rotatable bonds is 3. The smallest absolute Gasteiger partial charge is 0.118 e. The molecule has 1 aliphatic rings. The van der Waals surface area contributed by atoms with Gasteiger partial charge in [-0.3, -0.25) is 0 Å². The van der Waals surface area contributed by atoms with Gasteiger partial charge in [-0.25, -0.2) is 0 Å². The van der Waals surface area contributed by atoms with E-state index in [-0.39, 0.29) is 0 Å². The molecule has 0 bridgehead atoms. The highest BCUT2D eigenvalue weighted by molar-refractivity contribution is 5.80. The third-order valence-corrected chi connectivity index (χ3v) is 5.79. The summed E-state index contributed by atoms with van der Waals surface area (Å²) >= 11 is 0. The van der Waals surface area contributed by atoms with E-state index < -0.39 is 0 Å². The third-order valence-electron chi connectivity index (χ3n) is 5.79. The normalized spacial score (nSPS) is 11.6. The number of methoxy groups -OCH3 is 1. The van der Waals surface area contributed by atoms with Crippen LogP contribution in [-0.4, -0.2) is 12.2 Å². The van der Waals surface area contributed by atoms with Gasteiger partial charge >= 0.3 is 0 Å². The number of ether oxygens (including phenoxy) is 1. The second-order valence-corrected chi connectivity index (χ2v) is 7.52. The fraction of sp³-hybridized carbons (Fsp3) is 0.172. The quantitative estimate of drug-likeness (QED) is 0.380. The Morgan fingerprint density at radius 2 is 1.00 bits per heavy atom. The van der Waals surface area contributed by atoms with Gasteiger partial charge < -0.3 is 9.84 Å². The molecule has 4 aromatic carbocycles. The lowest BCUT2D eigenvalue weighted by atomic mass is 9.83. The van der Waals surface area contributed by atoms with Gasteiger partial charge in [0.25, 0.3) is 0 Å². The maximum absolute atomic E-state index is 9.53. The van der Waals surface area contributed by atoms with E-state index in [0.717, 1.165) is 24.2 Å². The standard InChI is InChI=1S/C27H22O2.C2H6/c1-29-25-12-6-19(7-13-25)21-9-15-27-23(17-21)3-2-22-16-20(8-14-26(22)27)18-4-10-24(28)11-5-18;1-2/h4-17,28H,2-3H2,1H3;1-2H3. The summed E-state index contributed by atoms with van der Waals surface area (Å²) in [5.74, 6) is 1.18. The lowest BCUT2D eigenvalue weighted by molar-refractivity contribution is 0.415. The van der Waals surface area contributed by atoms with Gasteiger partial charge in [0, 0.05) is 0 Å². The Kier molecular flexibility index (Phi) is 6.08. The number of aromatic hydroxyl groups is 1. The van der Waals surface area contributed by atoms with Crippen LogP contribution in [0, 0.1) is 0 Å². The van der Waals surface area contributed by atoms with Crippen molar-refractivity contribution in [3.05, 3.63) is 96.1 Å². The molecule has 0 unspecified atom stereocenters. The van der Waals surface area contributed by atoms with Crippen LogP contribution in [0.5, 0.6) is 11.5 Å². The van der Waals surface area contributed by atoms with Gasteiger partial charge in [0.2, 0.25) is 0 Å². The minimum absolute atomic E-state index is 0.299. The van der Waals surface area contributed by atoms with Gasteiger partial charge in [0.05, 0.1) is 7.11 Å². The first-order chi connectivity index (χ1) is 15.2. The average molecular weight is 409 g/mol. The van der Waals surface area contributed by atoms with E-state index in [0.29, 0.717) is 5.75 Å². The van der Waals surface area contributed by atoms with Crippen LogP contribution in [0.4, 0.5) is 0 Å². The molecule has 31 heavy (non-hydrogen) atoms. The molecule has 0 radical (unpaired) electrons. The number of aryl methyl sites for hydroxylation is 2. The lowest BCUT2D eigenvalue weighted by Gasteiger charge is -2.22. The number of hydrogen-bond acceptors (Lipinski definition) is 2. The van der Waals surface area contributed by atoms with Crippen molar-refractivity contribution in [1.82, 2.24) is 0 Å². The molecule has 4 aromatic rings. The van der Waals surface area contributed by atoms with Crippen molar-refractivity contribution in [2.24, 2.45) is 0 Å². The number of benzene rings is 4. The van der Waals surface area contributed by atoms with Crippen LogP contribution in [0.15, 0.2) is 84.9 Å². The Hall–Kier alpha value is -3.52. The molecule has 156 valence electrons. The fourth-order valence-electron chi connectivity index (χ4n) is 4.19. The highest BCUT2D eigenvalue weighted by Crippen LogP contribution is 2.38. The zero-order valence-electron chi connectivity index (χ0n) is 18.4. The van der Waals surface area contributed by atoms with Crippen molar-refractivity contribution in [2.45, 2.75) is 26.7 Å². The molecule has 0 atom stereocenters. The average Bonchev–Trinajstić information content (AvgIpc) is 2.85. The summed E-state index contributed by atoms with van der Waals surface area (Å²) in [4.78, 5) is 0. The van der Waals surface area contributed by atoms with Crippen LogP contribution >= 0.6 is 0 Å². The molecule has 0 saturated heterocycles. The summed E-state index contributed by atoms with van der Waals surface area (Å²) in [6, 6.07) is 29.2. The van der Waals surface area contributed by atoms with E-state index in [1.165, 1.54) is 38.9 Å². The molecule has 0 saturated carbocycles. The number of hydrogen-bond donors (Lipinski definition) is 1. The highest BCUT2D eigenvalue weighted by atomic mass is 16.5. The molecule has 0 aromatic heterocycles. The van der Waals surface area contributed by atoms with Crippen molar-refractivity contribution in [3.8, 4) is 44.9 Å². The molecule has 0 fully saturated rings. The summed E-state index contributed by atoms with van der Waals surface area (Å²) in [6.45, 7) is 4.00. The van der Waals surface area contributed by atoms with Gasteiger partial charge in [-0.05, 0) is 81.6 Å². The Morgan fingerprint density at radius 3 is 1.45 bits per heavy atom. The van der Waals surface area contributed by atoms with E-state index in [9.17, 15) is 5.11 Å². The van der Waals surface area contributed by atoms with E-state index in [1.54, 1.807) is 19.2 Å². The molecule has 5 rings (SSSR count). The second-order valence-electron chi connectivity index (χ2n) is 7.52.